The van der Waals surface area contributed by atoms with E-state index in [1.54, 1.807) is 0 Å². The Morgan fingerprint density at radius 3 is 2.68 bits per heavy atom. The standard InChI is InChI=1S/C13H17FN2O2S/c14-11-1-3-12(4-2-11)19(17,18)16-8-6-13-10(9-16)5-7-15-13/h1-4,10,13,15H,5-9H2. The molecule has 1 aromatic rings. The molecular weight excluding hydrogens is 267 g/mol. The van der Waals surface area contributed by atoms with Gasteiger partial charge in [0.15, 0.2) is 0 Å². The summed E-state index contributed by atoms with van der Waals surface area (Å²) in [5.74, 6) is -0.0124. The van der Waals surface area contributed by atoms with E-state index in [0.717, 1.165) is 19.4 Å². The lowest BCUT2D eigenvalue weighted by molar-refractivity contribution is 0.247. The van der Waals surface area contributed by atoms with Crippen molar-refractivity contribution in [3.8, 4) is 0 Å². The average molecular weight is 284 g/mol. The molecule has 4 nitrogen and oxygen atoms in total. The molecule has 0 aliphatic carbocycles. The van der Waals surface area contributed by atoms with Gasteiger partial charge in [-0.2, -0.15) is 4.31 Å². The number of hydrogen-bond donors (Lipinski definition) is 1. The molecule has 2 atom stereocenters. The van der Waals surface area contributed by atoms with Crippen molar-refractivity contribution >= 4 is 10.0 Å². The molecule has 19 heavy (non-hydrogen) atoms. The van der Waals surface area contributed by atoms with Gasteiger partial charge in [-0.1, -0.05) is 0 Å². The summed E-state index contributed by atoms with van der Waals surface area (Å²) in [5, 5.41) is 3.41. The largest absolute Gasteiger partial charge is 0.314 e. The predicted molar refractivity (Wildman–Crippen MR) is 69.7 cm³/mol. The van der Waals surface area contributed by atoms with Crippen molar-refractivity contribution in [2.45, 2.75) is 23.8 Å². The number of sulfonamides is 1. The highest BCUT2D eigenvalue weighted by atomic mass is 32.2. The maximum atomic E-state index is 12.9. The van der Waals surface area contributed by atoms with E-state index in [4.69, 9.17) is 0 Å². The number of piperidine rings is 1. The van der Waals surface area contributed by atoms with Crippen LogP contribution in [-0.4, -0.2) is 38.4 Å². The number of rotatable bonds is 2. The molecular formula is C13H17FN2O2S. The van der Waals surface area contributed by atoms with Crippen LogP contribution in [0, 0.1) is 11.7 Å². The molecule has 2 heterocycles. The zero-order valence-corrected chi connectivity index (χ0v) is 11.4. The van der Waals surface area contributed by atoms with Gasteiger partial charge in [0.25, 0.3) is 0 Å². The summed E-state index contributed by atoms with van der Waals surface area (Å²) in [6.07, 6.45) is 1.88. The normalized spacial score (nSPS) is 28.3. The van der Waals surface area contributed by atoms with Crippen molar-refractivity contribution in [3.63, 3.8) is 0 Å². The molecule has 6 heteroatoms. The van der Waals surface area contributed by atoms with Gasteiger partial charge in [0, 0.05) is 19.1 Å². The van der Waals surface area contributed by atoms with Gasteiger partial charge in [-0.15, -0.1) is 0 Å². The fourth-order valence-electron chi connectivity index (χ4n) is 2.99. The van der Waals surface area contributed by atoms with Crippen LogP contribution in [0.2, 0.25) is 0 Å². The van der Waals surface area contributed by atoms with Crippen LogP contribution in [0.15, 0.2) is 29.2 Å². The number of hydrogen-bond acceptors (Lipinski definition) is 3. The lowest BCUT2D eigenvalue weighted by atomic mass is 9.95. The lowest BCUT2D eigenvalue weighted by Crippen LogP contribution is -2.46. The first-order valence-corrected chi connectivity index (χ1v) is 8.00. The third kappa shape index (κ3) is 2.40. The SMILES string of the molecule is O=S(=O)(c1ccc(F)cc1)N1CCC2NCCC2C1. The Kier molecular flexibility index (Phi) is 3.32. The molecule has 2 fully saturated rings. The van der Waals surface area contributed by atoms with E-state index in [0.29, 0.717) is 25.0 Å². The van der Waals surface area contributed by atoms with Crippen molar-refractivity contribution < 1.29 is 12.8 Å². The number of halogens is 1. The highest BCUT2D eigenvalue weighted by Crippen LogP contribution is 2.28. The molecule has 2 aliphatic rings. The smallest absolute Gasteiger partial charge is 0.243 e. The second kappa shape index (κ2) is 4.85. The molecule has 2 aliphatic heterocycles. The van der Waals surface area contributed by atoms with Crippen LogP contribution in [0.25, 0.3) is 0 Å². The summed E-state index contributed by atoms with van der Waals surface area (Å²) >= 11 is 0. The minimum atomic E-state index is -3.48. The summed E-state index contributed by atoms with van der Waals surface area (Å²) in [6.45, 7) is 2.07. The fraction of sp³-hybridized carbons (Fsp3) is 0.538. The van der Waals surface area contributed by atoms with E-state index in [1.807, 2.05) is 0 Å². The molecule has 2 saturated heterocycles. The maximum absolute atomic E-state index is 12.9. The third-order valence-electron chi connectivity index (χ3n) is 4.07. The van der Waals surface area contributed by atoms with Gasteiger partial charge in [0.05, 0.1) is 4.90 Å². The van der Waals surface area contributed by atoms with Crippen LogP contribution in [0.5, 0.6) is 0 Å². The second-order valence-corrected chi connectivity index (χ2v) is 7.15. The van der Waals surface area contributed by atoms with Crippen LogP contribution < -0.4 is 5.32 Å². The molecule has 0 saturated carbocycles. The first-order valence-electron chi connectivity index (χ1n) is 6.56. The van der Waals surface area contributed by atoms with Crippen LogP contribution >= 0.6 is 0 Å². The monoisotopic (exact) mass is 284 g/mol. The molecule has 0 bridgehead atoms. The molecule has 0 radical (unpaired) electrons. The van der Waals surface area contributed by atoms with E-state index in [2.05, 4.69) is 5.32 Å². The first kappa shape index (κ1) is 13.0. The van der Waals surface area contributed by atoms with Crippen LogP contribution in [0.4, 0.5) is 4.39 Å². The van der Waals surface area contributed by atoms with Gasteiger partial charge in [0.2, 0.25) is 10.0 Å². The van der Waals surface area contributed by atoms with Gasteiger partial charge in [-0.25, -0.2) is 12.8 Å². The Bertz CT molecular complexity index is 559. The Hall–Kier alpha value is -0.980. The fourth-order valence-corrected chi connectivity index (χ4v) is 4.50. The van der Waals surface area contributed by atoms with Crippen LogP contribution in [0.3, 0.4) is 0 Å². The first-order chi connectivity index (χ1) is 9.07. The molecule has 2 unspecified atom stereocenters. The van der Waals surface area contributed by atoms with Gasteiger partial charge >= 0.3 is 0 Å². The minimum Gasteiger partial charge on any atom is -0.314 e. The van der Waals surface area contributed by atoms with Crippen LogP contribution in [-0.2, 0) is 10.0 Å². The number of benzene rings is 1. The van der Waals surface area contributed by atoms with E-state index < -0.39 is 15.8 Å². The van der Waals surface area contributed by atoms with Crippen molar-refractivity contribution in [3.05, 3.63) is 30.1 Å². The molecule has 0 spiro atoms. The van der Waals surface area contributed by atoms with Gasteiger partial charge < -0.3 is 5.32 Å². The summed E-state index contributed by atoms with van der Waals surface area (Å²) in [4.78, 5) is 0.179. The zero-order chi connectivity index (χ0) is 13.5. The second-order valence-electron chi connectivity index (χ2n) is 5.22. The van der Waals surface area contributed by atoms with E-state index in [1.165, 1.54) is 28.6 Å². The van der Waals surface area contributed by atoms with Crippen molar-refractivity contribution in [1.29, 1.82) is 0 Å². The Labute approximate surface area is 112 Å². The third-order valence-corrected chi connectivity index (χ3v) is 5.95. The topological polar surface area (TPSA) is 49.4 Å². The predicted octanol–water partition coefficient (Wildman–Crippen LogP) is 1.20. The summed E-state index contributed by atoms with van der Waals surface area (Å²) in [7, 11) is -3.48. The molecule has 0 amide bonds. The number of fused-ring (bicyclic) bond motifs is 1. The Morgan fingerprint density at radius 1 is 1.21 bits per heavy atom. The number of nitrogens with one attached hydrogen (secondary N) is 1. The minimum absolute atomic E-state index is 0.179. The molecule has 1 N–H and O–H groups in total. The summed E-state index contributed by atoms with van der Waals surface area (Å²) in [6, 6.07) is 5.51. The van der Waals surface area contributed by atoms with Crippen molar-refractivity contribution in [2.24, 2.45) is 5.92 Å². The molecule has 104 valence electrons. The molecule has 3 rings (SSSR count). The Morgan fingerprint density at radius 2 is 1.95 bits per heavy atom. The average Bonchev–Trinajstić information content (AvgIpc) is 2.86. The van der Waals surface area contributed by atoms with E-state index >= 15 is 0 Å². The van der Waals surface area contributed by atoms with Crippen LogP contribution in [0.1, 0.15) is 12.8 Å². The highest BCUT2D eigenvalue weighted by molar-refractivity contribution is 7.89. The van der Waals surface area contributed by atoms with E-state index in [9.17, 15) is 12.8 Å². The number of nitrogens with zero attached hydrogens (tertiary/aromatic N) is 1. The Balaban J connectivity index is 1.82. The van der Waals surface area contributed by atoms with Gasteiger partial charge in [-0.3, -0.25) is 0 Å². The zero-order valence-electron chi connectivity index (χ0n) is 10.5. The van der Waals surface area contributed by atoms with Gasteiger partial charge in [-0.05, 0) is 49.6 Å². The van der Waals surface area contributed by atoms with E-state index in [-0.39, 0.29) is 4.90 Å². The quantitative estimate of drug-likeness (QED) is 0.888. The lowest BCUT2D eigenvalue weighted by Gasteiger charge is -2.33. The summed E-state index contributed by atoms with van der Waals surface area (Å²) < 4.78 is 39.4. The molecule has 0 aromatic heterocycles. The maximum Gasteiger partial charge on any atom is 0.243 e. The summed E-state index contributed by atoms with van der Waals surface area (Å²) in [5.41, 5.74) is 0. The van der Waals surface area contributed by atoms with Gasteiger partial charge in [0.1, 0.15) is 5.82 Å². The molecule has 1 aromatic carbocycles. The highest BCUT2D eigenvalue weighted by Gasteiger charge is 2.37. The van der Waals surface area contributed by atoms with Crippen molar-refractivity contribution in [1.82, 2.24) is 9.62 Å². The van der Waals surface area contributed by atoms with Crippen molar-refractivity contribution in [2.75, 3.05) is 19.6 Å².